The van der Waals surface area contributed by atoms with Crippen LogP contribution in [0.2, 0.25) is 0 Å². The van der Waals surface area contributed by atoms with Gasteiger partial charge in [-0.05, 0) is 91.6 Å². The van der Waals surface area contributed by atoms with Gasteiger partial charge in [-0.2, -0.15) is 13.2 Å². The van der Waals surface area contributed by atoms with E-state index in [1.54, 1.807) is 19.1 Å². The van der Waals surface area contributed by atoms with E-state index in [4.69, 9.17) is 4.74 Å². The first-order chi connectivity index (χ1) is 18.0. The summed E-state index contributed by atoms with van der Waals surface area (Å²) in [5.74, 6) is 1.73. The Labute approximate surface area is 227 Å². The highest BCUT2D eigenvalue weighted by Gasteiger charge is 2.31. The second-order valence-electron chi connectivity index (χ2n) is 11.1. The van der Waals surface area contributed by atoms with E-state index in [9.17, 15) is 18.0 Å². The van der Waals surface area contributed by atoms with E-state index >= 15 is 0 Å². The van der Waals surface area contributed by atoms with Crippen molar-refractivity contribution in [3.8, 4) is 0 Å². The fourth-order valence-corrected chi connectivity index (χ4v) is 4.82. The SMILES string of the molecule is CC(C)CCNCc1ccc(C(C)C)cc1.CCOC(=O)CC1CCCC(c2ccc(C(F)(F)F)cc2)C1. The molecule has 6 heteroatoms. The molecule has 0 aliphatic heterocycles. The summed E-state index contributed by atoms with van der Waals surface area (Å²) in [5.41, 5.74) is 3.12. The monoisotopic (exact) mass is 533 g/mol. The van der Waals surface area contributed by atoms with Crippen LogP contribution in [0.3, 0.4) is 0 Å². The third-order valence-electron chi connectivity index (χ3n) is 7.13. The lowest BCUT2D eigenvalue weighted by Crippen LogP contribution is -2.19. The van der Waals surface area contributed by atoms with E-state index < -0.39 is 11.7 Å². The van der Waals surface area contributed by atoms with Crippen LogP contribution in [0.4, 0.5) is 13.2 Å². The molecule has 1 aliphatic carbocycles. The van der Waals surface area contributed by atoms with E-state index in [2.05, 4.69) is 57.3 Å². The van der Waals surface area contributed by atoms with Crippen molar-refractivity contribution < 1.29 is 22.7 Å². The molecule has 212 valence electrons. The molecule has 0 heterocycles. The number of nitrogens with one attached hydrogen (secondary N) is 1. The van der Waals surface area contributed by atoms with E-state index in [1.165, 1.54) is 17.5 Å². The Morgan fingerprint density at radius 3 is 2.21 bits per heavy atom. The molecule has 2 aromatic carbocycles. The molecule has 1 fully saturated rings. The lowest BCUT2D eigenvalue weighted by Gasteiger charge is -2.29. The first-order valence-corrected chi connectivity index (χ1v) is 14.1. The van der Waals surface area contributed by atoms with Gasteiger partial charge in [-0.25, -0.2) is 0 Å². The van der Waals surface area contributed by atoms with Gasteiger partial charge >= 0.3 is 12.1 Å². The molecule has 0 amide bonds. The van der Waals surface area contributed by atoms with E-state index in [0.29, 0.717) is 18.9 Å². The number of hydrogen-bond donors (Lipinski definition) is 1. The molecule has 2 aromatic rings. The van der Waals surface area contributed by atoms with Gasteiger partial charge in [-0.3, -0.25) is 4.79 Å². The normalized spacial score (nSPS) is 17.7. The van der Waals surface area contributed by atoms with E-state index in [1.807, 2.05) is 0 Å². The van der Waals surface area contributed by atoms with Crippen LogP contribution in [0.25, 0.3) is 0 Å². The van der Waals surface area contributed by atoms with Gasteiger partial charge in [-0.1, -0.05) is 70.5 Å². The van der Waals surface area contributed by atoms with Crippen LogP contribution in [0.15, 0.2) is 48.5 Å². The fourth-order valence-electron chi connectivity index (χ4n) is 4.82. The molecule has 0 spiro atoms. The second kappa shape index (κ2) is 15.9. The van der Waals surface area contributed by atoms with E-state index in [0.717, 1.165) is 62.4 Å². The van der Waals surface area contributed by atoms with Crippen LogP contribution < -0.4 is 5.32 Å². The summed E-state index contributed by atoms with van der Waals surface area (Å²) in [6.45, 7) is 13.3. The number of rotatable bonds is 10. The van der Waals surface area contributed by atoms with Crippen molar-refractivity contribution in [2.24, 2.45) is 11.8 Å². The van der Waals surface area contributed by atoms with Crippen molar-refractivity contribution in [2.45, 2.75) is 97.7 Å². The highest BCUT2D eigenvalue weighted by Crippen LogP contribution is 2.39. The molecule has 1 aliphatic rings. The maximum absolute atomic E-state index is 12.6. The molecule has 3 nitrogen and oxygen atoms in total. The Morgan fingerprint density at radius 1 is 1.00 bits per heavy atom. The number of halogens is 3. The summed E-state index contributed by atoms with van der Waals surface area (Å²) >= 11 is 0. The summed E-state index contributed by atoms with van der Waals surface area (Å²) in [6, 6.07) is 14.4. The molecule has 2 atom stereocenters. The summed E-state index contributed by atoms with van der Waals surface area (Å²) in [4.78, 5) is 11.6. The topological polar surface area (TPSA) is 38.3 Å². The fraction of sp³-hybridized carbons (Fsp3) is 0.594. The van der Waals surface area contributed by atoms with Crippen molar-refractivity contribution in [1.29, 1.82) is 0 Å². The van der Waals surface area contributed by atoms with Crippen molar-refractivity contribution in [3.05, 3.63) is 70.8 Å². The predicted molar refractivity (Wildman–Crippen MR) is 149 cm³/mol. The largest absolute Gasteiger partial charge is 0.466 e. The Bertz CT molecular complexity index is 937. The van der Waals surface area contributed by atoms with Gasteiger partial charge in [0.05, 0.1) is 12.2 Å². The molecule has 0 radical (unpaired) electrons. The van der Waals surface area contributed by atoms with Gasteiger partial charge in [0.2, 0.25) is 0 Å². The summed E-state index contributed by atoms with van der Waals surface area (Å²) in [6.07, 6.45) is 1.15. The van der Waals surface area contributed by atoms with Crippen molar-refractivity contribution in [2.75, 3.05) is 13.2 Å². The third-order valence-corrected chi connectivity index (χ3v) is 7.13. The minimum absolute atomic E-state index is 0.180. The molecular formula is C32H46F3NO2. The number of carbonyl (C=O) groups is 1. The lowest BCUT2D eigenvalue weighted by molar-refractivity contribution is -0.144. The highest BCUT2D eigenvalue weighted by atomic mass is 19.4. The first-order valence-electron chi connectivity index (χ1n) is 14.1. The smallest absolute Gasteiger partial charge is 0.416 e. The quantitative estimate of drug-likeness (QED) is 0.245. The Hall–Kier alpha value is -2.34. The van der Waals surface area contributed by atoms with Gasteiger partial charge < -0.3 is 10.1 Å². The molecule has 2 unspecified atom stereocenters. The van der Waals surface area contributed by atoms with Crippen molar-refractivity contribution in [1.82, 2.24) is 5.32 Å². The van der Waals surface area contributed by atoms with E-state index in [-0.39, 0.29) is 17.8 Å². The minimum atomic E-state index is -4.29. The van der Waals surface area contributed by atoms with Crippen LogP contribution in [0, 0.1) is 11.8 Å². The van der Waals surface area contributed by atoms with Crippen LogP contribution >= 0.6 is 0 Å². The van der Waals surface area contributed by atoms with Crippen LogP contribution in [-0.4, -0.2) is 19.1 Å². The number of carbonyl (C=O) groups excluding carboxylic acids is 1. The number of hydrogen-bond acceptors (Lipinski definition) is 3. The second-order valence-corrected chi connectivity index (χ2v) is 11.1. The number of ether oxygens (including phenoxy) is 1. The highest BCUT2D eigenvalue weighted by molar-refractivity contribution is 5.69. The van der Waals surface area contributed by atoms with Gasteiger partial charge in [-0.15, -0.1) is 0 Å². The zero-order chi connectivity index (χ0) is 28.1. The van der Waals surface area contributed by atoms with Crippen LogP contribution in [0.1, 0.15) is 107 Å². The third kappa shape index (κ3) is 11.6. The van der Waals surface area contributed by atoms with Gasteiger partial charge in [0, 0.05) is 13.0 Å². The standard InChI is InChI=1S/C17H21F3O2.C15H25N/c1-2-22-16(21)11-12-4-3-5-14(10-12)13-6-8-15(9-7-13)17(18,19)20;1-12(2)9-10-16-11-14-5-7-15(8-6-14)13(3)4/h6-9,12,14H,2-5,10-11H2,1H3;5-8,12-13,16H,9-11H2,1-4H3. The zero-order valence-corrected chi connectivity index (χ0v) is 23.7. The summed E-state index contributed by atoms with van der Waals surface area (Å²) in [5, 5.41) is 3.48. The Balaban J connectivity index is 0.000000281. The molecule has 38 heavy (non-hydrogen) atoms. The Kier molecular flexibility index (Phi) is 13.4. The number of esters is 1. The number of alkyl halides is 3. The molecule has 0 saturated heterocycles. The lowest BCUT2D eigenvalue weighted by atomic mass is 9.77. The molecule has 0 aromatic heterocycles. The van der Waals surface area contributed by atoms with Gasteiger partial charge in [0.15, 0.2) is 0 Å². The number of benzene rings is 2. The summed E-state index contributed by atoms with van der Waals surface area (Å²) in [7, 11) is 0. The average molecular weight is 534 g/mol. The zero-order valence-electron chi connectivity index (χ0n) is 23.7. The molecule has 3 rings (SSSR count). The van der Waals surface area contributed by atoms with Crippen LogP contribution in [-0.2, 0) is 22.3 Å². The van der Waals surface area contributed by atoms with Crippen LogP contribution in [0.5, 0.6) is 0 Å². The molecule has 0 bridgehead atoms. The maximum atomic E-state index is 12.6. The van der Waals surface area contributed by atoms with Gasteiger partial charge in [0.25, 0.3) is 0 Å². The molecule has 1 saturated carbocycles. The minimum Gasteiger partial charge on any atom is -0.466 e. The van der Waals surface area contributed by atoms with Gasteiger partial charge in [0.1, 0.15) is 0 Å². The van der Waals surface area contributed by atoms with Crippen molar-refractivity contribution in [3.63, 3.8) is 0 Å². The average Bonchev–Trinajstić information content (AvgIpc) is 2.87. The summed E-state index contributed by atoms with van der Waals surface area (Å²) < 4.78 is 42.7. The molecular weight excluding hydrogens is 487 g/mol. The van der Waals surface area contributed by atoms with Crippen molar-refractivity contribution >= 4 is 5.97 Å². The maximum Gasteiger partial charge on any atom is 0.416 e. The molecule has 1 N–H and O–H groups in total. The predicted octanol–water partition coefficient (Wildman–Crippen LogP) is 8.88. The Morgan fingerprint density at radius 2 is 1.66 bits per heavy atom. The first kappa shape index (κ1) is 31.9.